The number of benzene rings is 1. The van der Waals surface area contributed by atoms with E-state index in [1.54, 1.807) is 26.2 Å². The minimum atomic E-state index is -0.837. The molecule has 26 heavy (non-hydrogen) atoms. The molecule has 0 atom stereocenters. The summed E-state index contributed by atoms with van der Waals surface area (Å²) < 4.78 is 38.9. The smallest absolute Gasteiger partial charge is 0.200 e. The second-order valence-electron chi connectivity index (χ2n) is 7.67. The monoisotopic (exact) mass is 364 g/mol. The van der Waals surface area contributed by atoms with E-state index in [-0.39, 0.29) is 11.7 Å². The molecule has 0 unspecified atom stereocenters. The van der Waals surface area contributed by atoms with Crippen LogP contribution in [-0.2, 0) is 4.74 Å². The fourth-order valence-electron chi connectivity index (χ4n) is 4.80. The zero-order valence-electron chi connectivity index (χ0n) is 15.9. The van der Waals surface area contributed by atoms with E-state index in [1.807, 2.05) is 6.26 Å². The van der Waals surface area contributed by atoms with Gasteiger partial charge in [0.1, 0.15) is 0 Å². The van der Waals surface area contributed by atoms with E-state index in [0.29, 0.717) is 12.2 Å². The van der Waals surface area contributed by atoms with Crippen molar-refractivity contribution in [3.05, 3.63) is 41.2 Å². The van der Waals surface area contributed by atoms with E-state index in [9.17, 15) is 8.78 Å². The van der Waals surface area contributed by atoms with Gasteiger partial charge in [-0.3, -0.25) is 0 Å². The van der Waals surface area contributed by atoms with Crippen molar-refractivity contribution >= 4 is 0 Å². The summed E-state index contributed by atoms with van der Waals surface area (Å²) in [6, 6.07) is 3.30. The molecule has 0 amide bonds. The Morgan fingerprint density at radius 1 is 0.962 bits per heavy atom. The summed E-state index contributed by atoms with van der Waals surface area (Å²) in [5.74, 6) is 0.0916. The highest BCUT2D eigenvalue weighted by atomic mass is 19.2. The van der Waals surface area contributed by atoms with Crippen molar-refractivity contribution < 1.29 is 18.3 Å². The number of hydrogen-bond acceptors (Lipinski definition) is 2. The van der Waals surface area contributed by atoms with Gasteiger partial charge >= 0.3 is 0 Å². The molecule has 2 fully saturated rings. The van der Waals surface area contributed by atoms with E-state index >= 15 is 0 Å². The van der Waals surface area contributed by atoms with Gasteiger partial charge in [-0.2, -0.15) is 4.39 Å². The lowest BCUT2D eigenvalue weighted by Gasteiger charge is -2.36. The summed E-state index contributed by atoms with van der Waals surface area (Å²) in [5, 5.41) is 0. The summed E-state index contributed by atoms with van der Waals surface area (Å²) in [4.78, 5) is 0. The Kier molecular flexibility index (Phi) is 6.55. The first-order valence-electron chi connectivity index (χ1n) is 9.95. The Hall–Kier alpha value is -1.58. The molecular formula is C22H30F2O2. The maximum Gasteiger partial charge on any atom is 0.200 e. The van der Waals surface area contributed by atoms with Crippen molar-refractivity contribution in [2.75, 3.05) is 13.7 Å². The van der Waals surface area contributed by atoms with Crippen LogP contribution in [0.2, 0.25) is 0 Å². The van der Waals surface area contributed by atoms with Gasteiger partial charge in [0.25, 0.3) is 0 Å². The Morgan fingerprint density at radius 3 is 2.23 bits per heavy atom. The molecule has 0 radical (unpaired) electrons. The van der Waals surface area contributed by atoms with Crippen LogP contribution >= 0.6 is 0 Å². The third-order valence-corrected chi connectivity index (χ3v) is 6.21. The minimum absolute atomic E-state index is 0.0181. The number of rotatable bonds is 5. The molecule has 1 aromatic rings. The predicted octanol–water partition coefficient (Wildman–Crippen LogP) is 6.36. The maximum absolute atomic E-state index is 14.5. The summed E-state index contributed by atoms with van der Waals surface area (Å²) in [6.45, 7) is 2.11. The molecule has 0 heterocycles. The van der Waals surface area contributed by atoms with Gasteiger partial charge < -0.3 is 9.47 Å². The third kappa shape index (κ3) is 4.21. The second-order valence-corrected chi connectivity index (χ2v) is 7.67. The molecule has 0 bridgehead atoms. The fraction of sp³-hybridized carbons (Fsp3) is 0.636. The molecule has 3 rings (SSSR count). The average Bonchev–Trinajstić information content (AvgIpc) is 2.67. The molecule has 0 aliphatic heterocycles. The minimum Gasteiger partial charge on any atom is -0.504 e. The topological polar surface area (TPSA) is 18.5 Å². The number of methoxy groups -OCH3 is 1. The zero-order chi connectivity index (χ0) is 18.5. The number of ether oxygens (including phenoxy) is 2. The maximum atomic E-state index is 14.5. The molecule has 2 aliphatic rings. The van der Waals surface area contributed by atoms with Crippen LogP contribution in [0.15, 0.2) is 24.0 Å². The summed E-state index contributed by atoms with van der Waals surface area (Å²) in [5.41, 5.74) is 1.95. The largest absolute Gasteiger partial charge is 0.504 e. The average molecular weight is 364 g/mol. The molecule has 2 saturated carbocycles. The highest BCUT2D eigenvalue weighted by Gasteiger charge is 2.31. The van der Waals surface area contributed by atoms with Crippen LogP contribution in [0.1, 0.15) is 69.8 Å². The molecule has 0 aromatic heterocycles. The first-order chi connectivity index (χ1) is 12.6. The van der Waals surface area contributed by atoms with Crippen molar-refractivity contribution in [1.29, 1.82) is 0 Å². The molecular weight excluding hydrogens is 334 g/mol. The van der Waals surface area contributed by atoms with Crippen LogP contribution in [0.4, 0.5) is 8.78 Å². The van der Waals surface area contributed by atoms with E-state index in [2.05, 4.69) is 0 Å². The van der Waals surface area contributed by atoms with Gasteiger partial charge in [0.2, 0.25) is 5.82 Å². The molecule has 2 aliphatic carbocycles. The summed E-state index contributed by atoms with van der Waals surface area (Å²) in [6.07, 6.45) is 10.8. The van der Waals surface area contributed by atoms with Gasteiger partial charge in [0.15, 0.2) is 11.6 Å². The third-order valence-electron chi connectivity index (χ3n) is 6.21. The Morgan fingerprint density at radius 2 is 1.62 bits per heavy atom. The summed E-state index contributed by atoms with van der Waals surface area (Å²) in [7, 11) is 1.71. The lowest BCUT2D eigenvalue weighted by molar-refractivity contribution is 0.196. The molecule has 2 nitrogen and oxygen atoms in total. The fourth-order valence-corrected chi connectivity index (χ4v) is 4.80. The van der Waals surface area contributed by atoms with Gasteiger partial charge in [-0.15, -0.1) is 0 Å². The van der Waals surface area contributed by atoms with Gasteiger partial charge in [-0.05, 0) is 93.2 Å². The van der Waals surface area contributed by atoms with Crippen molar-refractivity contribution in [3.8, 4) is 5.75 Å². The van der Waals surface area contributed by atoms with Crippen LogP contribution in [0.3, 0.4) is 0 Å². The molecule has 0 N–H and O–H groups in total. The van der Waals surface area contributed by atoms with Crippen molar-refractivity contribution in [3.63, 3.8) is 0 Å². The molecule has 144 valence electrons. The Bertz CT molecular complexity index is 623. The lowest BCUT2D eigenvalue weighted by atomic mass is 9.69. The lowest BCUT2D eigenvalue weighted by Crippen LogP contribution is -2.24. The van der Waals surface area contributed by atoms with Gasteiger partial charge in [-0.25, -0.2) is 4.39 Å². The van der Waals surface area contributed by atoms with Gasteiger partial charge in [-0.1, -0.05) is 6.07 Å². The first-order valence-corrected chi connectivity index (χ1v) is 9.95. The number of halogens is 2. The van der Waals surface area contributed by atoms with Crippen LogP contribution < -0.4 is 4.74 Å². The Balaban J connectivity index is 1.57. The normalized spacial score (nSPS) is 26.5. The zero-order valence-corrected chi connectivity index (χ0v) is 15.9. The SMILES string of the molecule is CCOc1ccc(C2CCC(C3CCC(=COC)CC3)CC2)c(F)c1F. The van der Waals surface area contributed by atoms with Crippen molar-refractivity contribution in [2.24, 2.45) is 11.8 Å². The van der Waals surface area contributed by atoms with Crippen molar-refractivity contribution in [1.82, 2.24) is 0 Å². The van der Waals surface area contributed by atoms with E-state index in [4.69, 9.17) is 9.47 Å². The van der Waals surface area contributed by atoms with Gasteiger partial charge in [0, 0.05) is 0 Å². The second kappa shape index (κ2) is 8.88. The molecule has 4 heteroatoms. The first kappa shape index (κ1) is 19.2. The number of allylic oxidation sites excluding steroid dienone is 1. The van der Waals surface area contributed by atoms with E-state index in [0.717, 1.165) is 50.4 Å². The van der Waals surface area contributed by atoms with Crippen LogP contribution in [0.5, 0.6) is 5.75 Å². The van der Waals surface area contributed by atoms with E-state index < -0.39 is 11.6 Å². The van der Waals surface area contributed by atoms with Crippen molar-refractivity contribution in [2.45, 2.75) is 64.2 Å². The Labute approximate surface area is 155 Å². The van der Waals surface area contributed by atoms with Crippen LogP contribution in [-0.4, -0.2) is 13.7 Å². The van der Waals surface area contributed by atoms with Crippen LogP contribution in [0.25, 0.3) is 0 Å². The molecule has 1 aromatic carbocycles. The molecule has 0 saturated heterocycles. The standard InChI is InChI=1S/C22H30F2O2/c1-3-26-20-13-12-19(21(23)22(20)24)18-10-8-17(9-11-18)16-6-4-15(5-7-16)14-25-2/h12-14,16-18H,3-11H2,1-2H3. The van der Waals surface area contributed by atoms with Gasteiger partial charge in [0.05, 0.1) is 20.0 Å². The molecule has 0 spiro atoms. The van der Waals surface area contributed by atoms with Crippen LogP contribution in [0, 0.1) is 23.5 Å². The highest BCUT2D eigenvalue weighted by Crippen LogP contribution is 2.44. The summed E-state index contributed by atoms with van der Waals surface area (Å²) >= 11 is 0. The quantitative estimate of drug-likeness (QED) is 0.566. The predicted molar refractivity (Wildman–Crippen MR) is 99.3 cm³/mol. The van der Waals surface area contributed by atoms with E-state index in [1.165, 1.54) is 18.4 Å². The number of hydrogen-bond donors (Lipinski definition) is 0. The highest BCUT2D eigenvalue weighted by molar-refractivity contribution is 5.33.